The molecule has 15 heavy (non-hydrogen) atoms. The first-order valence-electron chi connectivity index (χ1n) is 5.19. The molecule has 0 spiro atoms. The molecule has 2 heteroatoms. The number of phenolic OH excluding ortho intramolecular Hbond substituents is 1. The van der Waals surface area contributed by atoms with Gasteiger partial charge in [0, 0.05) is 11.9 Å². The molecule has 2 aromatic rings. The van der Waals surface area contributed by atoms with Gasteiger partial charge < -0.3 is 10.8 Å². The Kier molecular flexibility index (Phi) is 2.60. The van der Waals surface area contributed by atoms with Gasteiger partial charge in [-0.2, -0.15) is 0 Å². The van der Waals surface area contributed by atoms with E-state index in [2.05, 4.69) is 19.1 Å². The minimum atomic E-state index is 0.322. The lowest BCUT2D eigenvalue weighted by Gasteiger charge is -2.08. The number of aromatic hydroxyl groups is 1. The zero-order valence-electron chi connectivity index (χ0n) is 8.83. The van der Waals surface area contributed by atoms with E-state index in [0.717, 1.165) is 22.8 Å². The number of benzene rings is 2. The largest absolute Gasteiger partial charge is 0.507 e. The number of hydrogen-bond donors (Lipinski definition) is 2. The van der Waals surface area contributed by atoms with Crippen LogP contribution >= 0.6 is 0 Å². The molecule has 0 aromatic heterocycles. The highest BCUT2D eigenvalue weighted by Gasteiger charge is 2.05. The second-order valence-electron chi connectivity index (χ2n) is 3.68. The molecular weight excluding hydrogens is 186 g/mol. The van der Waals surface area contributed by atoms with Crippen LogP contribution in [0.1, 0.15) is 18.1 Å². The Morgan fingerprint density at radius 1 is 1.20 bits per heavy atom. The zero-order valence-corrected chi connectivity index (χ0v) is 8.83. The Morgan fingerprint density at radius 3 is 2.67 bits per heavy atom. The van der Waals surface area contributed by atoms with Crippen LogP contribution in [-0.2, 0) is 13.0 Å². The summed E-state index contributed by atoms with van der Waals surface area (Å²) in [5, 5.41) is 11.9. The summed E-state index contributed by atoms with van der Waals surface area (Å²) in [5.74, 6) is 0.322. The van der Waals surface area contributed by atoms with Crippen LogP contribution in [0.3, 0.4) is 0 Å². The van der Waals surface area contributed by atoms with Crippen molar-refractivity contribution in [3.05, 3.63) is 41.5 Å². The van der Waals surface area contributed by atoms with E-state index in [-0.39, 0.29) is 0 Å². The van der Waals surface area contributed by atoms with Gasteiger partial charge in [0.15, 0.2) is 0 Å². The Hall–Kier alpha value is -1.54. The third kappa shape index (κ3) is 1.68. The van der Waals surface area contributed by atoms with Crippen molar-refractivity contribution in [2.45, 2.75) is 19.9 Å². The fourth-order valence-corrected chi connectivity index (χ4v) is 1.91. The zero-order chi connectivity index (χ0) is 10.8. The van der Waals surface area contributed by atoms with Crippen LogP contribution in [0.2, 0.25) is 0 Å². The summed E-state index contributed by atoms with van der Waals surface area (Å²) in [4.78, 5) is 0. The molecular formula is C13H15NO. The third-order valence-corrected chi connectivity index (χ3v) is 2.74. The van der Waals surface area contributed by atoms with Crippen molar-refractivity contribution in [3.63, 3.8) is 0 Å². The second kappa shape index (κ2) is 3.91. The summed E-state index contributed by atoms with van der Waals surface area (Å²) in [5.41, 5.74) is 7.81. The van der Waals surface area contributed by atoms with Crippen LogP contribution in [0.5, 0.6) is 5.75 Å². The van der Waals surface area contributed by atoms with Gasteiger partial charge in [0.25, 0.3) is 0 Å². The molecule has 0 aliphatic rings. The number of nitrogens with two attached hydrogens (primary N) is 1. The lowest BCUT2D eigenvalue weighted by Crippen LogP contribution is -1.96. The van der Waals surface area contributed by atoms with E-state index < -0.39 is 0 Å². The van der Waals surface area contributed by atoms with Crippen LogP contribution in [-0.4, -0.2) is 5.11 Å². The molecule has 0 fully saturated rings. The molecule has 0 aliphatic carbocycles. The first-order chi connectivity index (χ1) is 7.26. The highest BCUT2D eigenvalue weighted by Crippen LogP contribution is 2.29. The molecule has 2 nitrogen and oxygen atoms in total. The van der Waals surface area contributed by atoms with E-state index in [1.54, 1.807) is 6.07 Å². The minimum Gasteiger partial charge on any atom is -0.507 e. The monoisotopic (exact) mass is 201 g/mol. The maximum atomic E-state index is 9.85. The predicted molar refractivity (Wildman–Crippen MR) is 62.9 cm³/mol. The topological polar surface area (TPSA) is 46.2 Å². The number of rotatable bonds is 2. The first kappa shape index (κ1) is 9.99. The standard InChI is InChI=1S/C13H15NO/c1-2-10-4-3-5-11-12(10)6-9(8-14)7-13(11)15/h3-7,15H,2,8,14H2,1H3. The van der Waals surface area contributed by atoms with Gasteiger partial charge in [-0.05, 0) is 35.1 Å². The summed E-state index contributed by atoms with van der Waals surface area (Å²) in [7, 11) is 0. The molecule has 0 bridgehead atoms. The van der Waals surface area contributed by atoms with Crippen molar-refractivity contribution in [1.82, 2.24) is 0 Å². The molecule has 0 amide bonds. The summed E-state index contributed by atoms with van der Waals surface area (Å²) >= 11 is 0. The maximum Gasteiger partial charge on any atom is 0.123 e. The van der Waals surface area contributed by atoms with Crippen molar-refractivity contribution < 1.29 is 5.11 Å². The highest BCUT2D eigenvalue weighted by atomic mass is 16.3. The third-order valence-electron chi connectivity index (χ3n) is 2.74. The number of fused-ring (bicyclic) bond motifs is 1. The van der Waals surface area contributed by atoms with Crippen molar-refractivity contribution in [2.24, 2.45) is 5.73 Å². The summed E-state index contributed by atoms with van der Waals surface area (Å²) in [6.07, 6.45) is 0.963. The predicted octanol–water partition coefficient (Wildman–Crippen LogP) is 2.57. The smallest absolute Gasteiger partial charge is 0.123 e. The van der Waals surface area contributed by atoms with E-state index in [1.165, 1.54) is 5.56 Å². The van der Waals surface area contributed by atoms with Gasteiger partial charge in [0.1, 0.15) is 5.75 Å². The van der Waals surface area contributed by atoms with Crippen LogP contribution in [0, 0.1) is 0 Å². The molecule has 0 saturated carbocycles. The Morgan fingerprint density at radius 2 is 2.00 bits per heavy atom. The molecule has 0 atom stereocenters. The molecule has 2 rings (SSSR count). The number of hydrogen-bond acceptors (Lipinski definition) is 2. The Labute approximate surface area is 89.3 Å². The van der Waals surface area contributed by atoms with E-state index in [4.69, 9.17) is 5.73 Å². The molecule has 0 heterocycles. The van der Waals surface area contributed by atoms with Gasteiger partial charge >= 0.3 is 0 Å². The summed E-state index contributed by atoms with van der Waals surface area (Å²) in [6, 6.07) is 9.80. The van der Waals surface area contributed by atoms with Crippen molar-refractivity contribution >= 4 is 10.8 Å². The fourth-order valence-electron chi connectivity index (χ4n) is 1.91. The van der Waals surface area contributed by atoms with Crippen molar-refractivity contribution in [2.75, 3.05) is 0 Å². The first-order valence-corrected chi connectivity index (χ1v) is 5.19. The molecule has 78 valence electrons. The van der Waals surface area contributed by atoms with E-state index in [1.807, 2.05) is 12.1 Å². The molecule has 2 aromatic carbocycles. The van der Waals surface area contributed by atoms with Gasteiger partial charge in [-0.15, -0.1) is 0 Å². The molecule has 0 unspecified atom stereocenters. The van der Waals surface area contributed by atoms with Crippen molar-refractivity contribution in [3.8, 4) is 5.75 Å². The fraction of sp³-hybridized carbons (Fsp3) is 0.231. The highest BCUT2D eigenvalue weighted by molar-refractivity contribution is 5.91. The van der Waals surface area contributed by atoms with E-state index >= 15 is 0 Å². The van der Waals surface area contributed by atoms with Gasteiger partial charge in [-0.25, -0.2) is 0 Å². The van der Waals surface area contributed by atoms with Gasteiger partial charge in [0.2, 0.25) is 0 Å². The Bertz CT molecular complexity index is 491. The molecule has 0 radical (unpaired) electrons. The van der Waals surface area contributed by atoms with Crippen LogP contribution in [0.4, 0.5) is 0 Å². The Balaban J connectivity index is 2.79. The maximum absolute atomic E-state index is 9.85. The SMILES string of the molecule is CCc1cccc2c(O)cc(CN)cc12. The van der Waals surface area contributed by atoms with Crippen LogP contribution in [0.25, 0.3) is 10.8 Å². The van der Waals surface area contributed by atoms with Crippen molar-refractivity contribution in [1.29, 1.82) is 0 Å². The molecule has 0 saturated heterocycles. The average Bonchev–Trinajstić information content (AvgIpc) is 2.28. The number of phenols is 1. The molecule has 0 aliphatic heterocycles. The summed E-state index contributed by atoms with van der Waals surface area (Å²) < 4.78 is 0. The van der Waals surface area contributed by atoms with Gasteiger partial charge in [0.05, 0.1) is 0 Å². The quantitative estimate of drug-likeness (QED) is 0.784. The van der Waals surface area contributed by atoms with E-state index in [9.17, 15) is 5.11 Å². The van der Waals surface area contributed by atoms with Crippen LogP contribution < -0.4 is 5.73 Å². The lowest BCUT2D eigenvalue weighted by molar-refractivity contribution is 0.481. The van der Waals surface area contributed by atoms with Crippen LogP contribution in [0.15, 0.2) is 30.3 Å². The molecule has 3 N–H and O–H groups in total. The second-order valence-corrected chi connectivity index (χ2v) is 3.68. The number of aryl methyl sites for hydroxylation is 1. The normalized spacial score (nSPS) is 10.8. The average molecular weight is 201 g/mol. The van der Waals surface area contributed by atoms with Gasteiger partial charge in [-0.1, -0.05) is 25.1 Å². The minimum absolute atomic E-state index is 0.322. The van der Waals surface area contributed by atoms with E-state index in [0.29, 0.717) is 12.3 Å². The lowest BCUT2D eigenvalue weighted by atomic mass is 9.99. The summed E-state index contributed by atoms with van der Waals surface area (Å²) in [6.45, 7) is 2.57. The van der Waals surface area contributed by atoms with Gasteiger partial charge in [-0.3, -0.25) is 0 Å².